The number of carbonyl (C=O) groups is 2. The Kier molecular flexibility index (Phi) is 6.61. The molecule has 0 unspecified atom stereocenters. The molecule has 24 heavy (non-hydrogen) atoms. The van der Waals surface area contributed by atoms with Crippen LogP contribution in [0.15, 0.2) is 24.3 Å². The average Bonchev–Trinajstić information content (AvgIpc) is 3.10. The lowest BCUT2D eigenvalue weighted by atomic mass is 10.0. The van der Waals surface area contributed by atoms with E-state index in [0.717, 1.165) is 19.4 Å². The first-order valence-corrected chi connectivity index (χ1v) is 8.35. The van der Waals surface area contributed by atoms with Crippen LogP contribution in [-0.4, -0.2) is 44.2 Å². The summed E-state index contributed by atoms with van der Waals surface area (Å²) in [5, 5.41) is 5.70. The fourth-order valence-electron chi connectivity index (χ4n) is 2.63. The molecule has 1 aliphatic rings. The zero-order valence-corrected chi connectivity index (χ0v) is 14.5. The van der Waals surface area contributed by atoms with Gasteiger partial charge in [0.1, 0.15) is 11.8 Å². The third-order valence-corrected chi connectivity index (χ3v) is 4.12. The number of amides is 2. The molecule has 0 aliphatic carbocycles. The Morgan fingerprint density at radius 2 is 2.00 bits per heavy atom. The second kappa shape index (κ2) is 8.68. The van der Waals surface area contributed by atoms with E-state index in [1.807, 2.05) is 13.8 Å². The molecular weight excluding hydrogens is 308 g/mol. The van der Waals surface area contributed by atoms with Gasteiger partial charge in [-0.3, -0.25) is 9.59 Å². The predicted octanol–water partition coefficient (Wildman–Crippen LogP) is 1.74. The molecule has 132 valence electrons. The maximum atomic E-state index is 12.4. The smallest absolute Gasteiger partial charge is 0.251 e. The number of ether oxygens (including phenoxy) is 2. The van der Waals surface area contributed by atoms with Gasteiger partial charge < -0.3 is 20.1 Å². The van der Waals surface area contributed by atoms with Crippen LogP contribution < -0.4 is 15.4 Å². The third kappa shape index (κ3) is 4.96. The van der Waals surface area contributed by atoms with Crippen molar-refractivity contribution in [3.05, 3.63) is 29.8 Å². The van der Waals surface area contributed by atoms with Gasteiger partial charge >= 0.3 is 0 Å². The number of hydrogen-bond donors (Lipinski definition) is 2. The number of hydrogen-bond acceptors (Lipinski definition) is 4. The molecule has 0 radical (unpaired) electrons. The molecule has 2 amide bonds. The van der Waals surface area contributed by atoms with Crippen molar-refractivity contribution in [1.82, 2.24) is 10.6 Å². The quantitative estimate of drug-likeness (QED) is 0.796. The van der Waals surface area contributed by atoms with Gasteiger partial charge in [-0.05, 0) is 43.0 Å². The molecule has 6 heteroatoms. The van der Waals surface area contributed by atoms with Crippen LogP contribution >= 0.6 is 0 Å². The first kappa shape index (κ1) is 18.3. The lowest BCUT2D eigenvalue weighted by Crippen LogP contribution is -2.50. The normalized spacial score (nSPS) is 18.2. The molecule has 1 aromatic carbocycles. The van der Waals surface area contributed by atoms with Crippen molar-refractivity contribution in [3.63, 3.8) is 0 Å². The summed E-state index contributed by atoms with van der Waals surface area (Å²) in [5.41, 5.74) is 0.494. The van der Waals surface area contributed by atoms with Crippen LogP contribution in [-0.2, 0) is 9.53 Å². The van der Waals surface area contributed by atoms with Crippen LogP contribution in [0.2, 0.25) is 0 Å². The van der Waals surface area contributed by atoms with Gasteiger partial charge in [0.25, 0.3) is 5.91 Å². The molecule has 2 N–H and O–H groups in total. The molecular formula is C18H26N2O4. The predicted molar refractivity (Wildman–Crippen MR) is 91.1 cm³/mol. The molecule has 0 aromatic heterocycles. The van der Waals surface area contributed by atoms with E-state index in [1.165, 1.54) is 0 Å². The second-order valence-corrected chi connectivity index (χ2v) is 6.30. The number of nitrogens with one attached hydrogen (secondary N) is 2. The molecule has 0 saturated carbocycles. The standard InChI is InChI=1S/C18H26N2O4/c1-12(2)16(18(22)19-11-15-5-4-10-24-15)20-17(21)13-6-8-14(23-3)9-7-13/h6-9,12,15-16H,4-5,10-11H2,1-3H3,(H,19,22)(H,20,21)/t15-,16-/m1/s1. The Morgan fingerprint density at radius 1 is 1.29 bits per heavy atom. The lowest BCUT2D eigenvalue weighted by molar-refractivity contribution is -0.124. The first-order chi connectivity index (χ1) is 11.5. The van der Waals surface area contributed by atoms with E-state index >= 15 is 0 Å². The van der Waals surface area contributed by atoms with E-state index in [4.69, 9.17) is 9.47 Å². The zero-order valence-electron chi connectivity index (χ0n) is 14.5. The molecule has 1 heterocycles. The van der Waals surface area contributed by atoms with Gasteiger partial charge in [0.2, 0.25) is 5.91 Å². The first-order valence-electron chi connectivity index (χ1n) is 8.35. The highest BCUT2D eigenvalue weighted by Crippen LogP contribution is 2.13. The maximum Gasteiger partial charge on any atom is 0.251 e. The Labute approximate surface area is 142 Å². The SMILES string of the molecule is COc1ccc(C(=O)N[C@@H](C(=O)NC[C@H]2CCCO2)C(C)C)cc1. The van der Waals surface area contributed by atoms with Crippen LogP contribution in [0.1, 0.15) is 37.0 Å². The van der Waals surface area contributed by atoms with Gasteiger partial charge in [0, 0.05) is 18.7 Å². The number of rotatable bonds is 7. The van der Waals surface area contributed by atoms with E-state index in [9.17, 15) is 9.59 Å². The number of methoxy groups -OCH3 is 1. The van der Waals surface area contributed by atoms with Crippen molar-refractivity contribution in [2.75, 3.05) is 20.3 Å². The van der Waals surface area contributed by atoms with Gasteiger partial charge in [0.05, 0.1) is 13.2 Å². The Bertz CT molecular complexity index is 551. The van der Waals surface area contributed by atoms with Crippen molar-refractivity contribution in [2.24, 2.45) is 5.92 Å². The molecule has 1 aromatic rings. The molecule has 1 saturated heterocycles. The molecule has 2 atom stereocenters. The van der Waals surface area contributed by atoms with Gasteiger partial charge in [0.15, 0.2) is 0 Å². The fraction of sp³-hybridized carbons (Fsp3) is 0.556. The molecule has 1 aliphatic heterocycles. The lowest BCUT2D eigenvalue weighted by Gasteiger charge is -2.22. The summed E-state index contributed by atoms with van der Waals surface area (Å²) in [7, 11) is 1.57. The Morgan fingerprint density at radius 3 is 2.54 bits per heavy atom. The average molecular weight is 334 g/mol. The minimum Gasteiger partial charge on any atom is -0.497 e. The molecule has 2 rings (SSSR count). The van der Waals surface area contributed by atoms with E-state index in [1.54, 1.807) is 31.4 Å². The van der Waals surface area contributed by atoms with E-state index in [2.05, 4.69) is 10.6 Å². The maximum absolute atomic E-state index is 12.4. The Hall–Kier alpha value is -2.08. The minimum absolute atomic E-state index is 0.0169. The summed E-state index contributed by atoms with van der Waals surface area (Å²) in [6.07, 6.45) is 2.08. The molecule has 0 spiro atoms. The van der Waals surface area contributed by atoms with Gasteiger partial charge in [-0.1, -0.05) is 13.8 Å². The summed E-state index contributed by atoms with van der Waals surface area (Å²) in [5.74, 6) is 0.212. The van der Waals surface area contributed by atoms with Crippen LogP contribution in [0.5, 0.6) is 5.75 Å². The monoisotopic (exact) mass is 334 g/mol. The molecule has 0 bridgehead atoms. The molecule has 6 nitrogen and oxygen atoms in total. The van der Waals surface area contributed by atoms with Crippen LogP contribution in [0.3, 0.4) is 0 Å². The van der Waals surface area contributed by atoms with E-state index < -0.39 is 6.04 Å². The van der Waals surface area contributed by atoms with Crippen molar-refractivity contribution in [2.45, 2.75) is 38.8 Å². The van der Waals surface area contributed by atoms with Crippen LogP contribution in [0.4, 0.5) is 0 Å². The number of benzene rings is 1. The molecule has 1 fully saturated rings. The van der Waals surface area contributed by atoms with Crippen molar-refractivity contribution in [3.8, 4) is 5.75 Å². The third-order valence-electron chi connectivity index (χ3n) is 4.12. The summed E-state index contributed by atoms with van der Waals surface area (Å²) in [6, 6.07) is 6.21. The van der Waals surface area contributed by atoms with Crippen molar-refractivity contribution < 1.29 is 19.1 Å². The number of carbonyl (C=O) groups excluding carboxylic acids is 2. The van der Waals surface area contributed by atoms with Gasteiger partial charge in [-0.15, -0.1) is 0 Å². The van der Waals surface area contributed by atoms with Crippen LogP contribution in [0.25, 0.3) is 0 Å². The zero-order chi connectivity index (χ0) is 17.5. The Balaban J connectivity index is 1.93. The summed E-state index contributed by atoms with van der Waals surface area (Å²) >= 11 is 0. The second-order valence-electron chi connectivity index (χ2n) is 6.30. The van der Waals surface area contributed by atoms with Gasteiger partial charge in [-0.25, -0.2) is 0 Å². The summed E-state index contributed by atoms with van der Waals surface area (Å²) < 4.78 is 10.6. The van der Waals surface area contributed by atoms with Gasteiger partial charge in [-0.2, -0.15) is 0 Å². The summed E-state index contributed by atoms with van der Waals surface area (Å²) in [4.78, 5) is 24.8. The fourth-order valence-corrected chi connectivity index (χ4v) is 2.63. The van der Waals surface area contributed by atoms with Crippen molar-refractivity contribution >= 4 is 11.8 Å². The summed E-state index contributed by atoms with van der Waals surface area (Å²) in [6.45, 7) is 5.05. The topological polar surface area (TPSA) is 76.7 Å². The van der Waals surface area contributed by atoms with E-state index in [0.29, 0.717) is 17.9 Å². The minimum atomic E-state index is -0.582. The van der Waals surface area contributed by atoms with Crippen LogP contribution in [0, 0.1) is 5.92 Å². The highest BCUT2D eigenvalue weighted by molar-refractivity contribution is 5.97. The largest absolute Gasteiger partial charge is 0.497 e. The van der Waals surface area contributed by atoms with Crippen molar-refractivity contribution in [1.29, 1.82) is 0 Å². The van der Waals surface area contributed by atoms with E-state index in [-0.39, 0.29) is 23.8 Å². The highest BCUT2D eigenvalue weighted by atomic mass is 16.5. The highest BCUT2D eigenvalue weighted by Gasteiger charge is 2.26.